The van der Waals surface area contributed by atoms with Gasteiger partial charge in [-0.2, -0.15) is 0 Å². The Labute approximate surface area is 194 Å². The number of pyridine rings is 1. The Bertz CT molecular complexity index is 1510. The molecule has 0 spiro atoms. The maximum atomic E-state index is 5.04. The maximum Gasteiger partial charge on any atom is 0.0730 e. The van der Waals surface area contributed by atoms with E-state index in [1.165, 1.54) is 21.8 Å². The number of halogens is 1. The van der Waals surface area contributed by atoms with Crippen molar-refractivity contribution in [3.63, 3.8) is 0 Å². The molecule has 6 aromatic rings. The third kappa shape index (κ3) is 3.22. The number of rotatable bonds is 3. The molecule has 6 rings (SSSR count). The molecule has 2 heterocycles. The Morgan fingerprint density at radius 3 is 1.75 bits per heavy atom. The molecule has 0 amide bonds. The van der Waals surface area contributed by atoms with Gasteiger partial charge in [0.2, 0.25) is 0 Å². The summed E-state index contributed by atoms with van der Waals surface area (Å²) in [7, 11) is 0. The van der Waals surface area contributed by atoms with Crippen LogP contribution in [0.5, 0.6) is 0 Å². The zero-order valence-electron chi connectivity index (χ0n) is 17.2. The summed E-state index contributed by atoms with van der Waals surface area (Å²) >= 11 is 3.65. The van der Waals surface area contributed by atoms with Crippen LogP contribution in [0.15, 0.2) is 120 Å². The molecule has 0 aliphatic rings. The summed E-state index contributed by atoms with van der Waals surface area (Å²) in [5, 5.41) is 2.47. The van der Waals surface area contributed by atoms with Gasteiger partial charge in [-0.25, -0.2) is 4.98 Å². The third-order valence-corrected chi connectivity index (χ3v) is 6.34. The Balaban J connectivity index is 1.70. The average molecular weight is 475 g/mol. The van der Waals surface area contributed by atoms with Gasteiger partial charge < -0.3 is 4.57 Å². The first kappa shape index (κ1) is 19.0. The van der Waals surface area contributed by atoms with Crippen LogP contribution in [0.25, 0.3) is 50.0 Å². The fourth-order valence-electron chi connectivity index (χ4n) is 4.38. The van der Waals surface area contributed by atoms with Gasteiger partial charge in [0.15, 0.2) is 0 Å². The minimum absolute atomic E-state index is 0.963. The van der Waals surface area contributed by atoms with Gasteiger partial charge >= 0.3 is 0 Å². The monoisotopic (exact) mass is 474 g/mol. The van der Waals surface area contributed by atoms with Crippen molar-refractivity contribution in [3.05, 3.63) is 120 Å². The lowest BCUT2D eigenvalue weighted by Gasteiger charge is -2.13. The Kier molecular flexibility index (Phi) is 4.62. The molecule has 0 fully saturated rings. The highest BCUT2D eigenvalue weighted by molar-refractivity contribution is 9.10. The third-order valence-electron chi connectivity index (χ3n) is 5.84. The lowest BCUT2D eigenvalue weighted by atomic mass is 10.1. The molecule has 32 heavy (non-hydrogen) atoms. The van der Waals surface area contributed by atoms with E-state index >= 15 is 0 Å². The van der Waals surface area contributed by atoms with Crippen LogP contribution in [0.4, 0.5) is 0 Å². The van der Waals surface area contributed by atoms with Crippen molar-refractivity contribution < 1.29 is 0 Å². The van der Waals surface area contributed by atoms with Crippen molar-refractivity contribution in [2.45, 2.75) is 0 Å². The molecule has 2 nitrogen and oxygen atoms in total. The molecular formula is C29H19BrN2. The van der Waals surface area contributed by atoms with Crippen LogP contribution in [0.2, 0.25) is 0 Å². The molecule has 2 aromatic heterocycles. The fraction of sp³-hybridized carbons (Fsp3) is 0. The summed E-state index contributed by atoms with van der Waals surface area (Å²) in [5.41, 5.74) is 7.61. The predicted molar refractivity (Wildman–Crippen MR) is 137 cm³/mol. The first-order valence-electron chi connectivity index (χ1n) is 10.6. The van der Waals surface area contributed by atoms with Gasteiger partial charge in [-0.3, -0.25) is 0 Å². The highest BCUT2D eigenvalue weighted by atomic mass is 79.9. The molecule has 0 radical (unpaired) electrons. The van der Waals surface area contributed by atoms with Crippen LogP contribution in [0.1, 0.15) is 0 Å². The lowest BCUT2D eigenvalue weighted by molar-refractivity contribution is 1.16. The number of hydrogen-bond donors (Lipinski definition) is 0. The summed E-state index contributed by atoms with van der Waals surface area (Å²) in [5.74, 6) is 0. The standard InChI is InChI=1S/C29H19BrN2/c30-22-15-16-29-25(17-22)24-13-7-8-14-28(24)32(29)23-18-26(20-9-3-1-4-10-20)31-27(19-23)21-11-5-2-6-12-21/h1-19H. The number of aromatic nitrogens is 2. The zero-order chi connectivity index (χ0) is 21.5. The van der Waals surface area contributed by atoms with Gasteiger partial charge in [-0.15, -0.1) is 0 Å². The van der Waals surface area contributed by atoms with E-state index < -0.39 is 0 Å². The number of hydrogen-bond acceptors (Lipinski definition) is 1. The molecule has 0 atom stereocenters. The van der Waals surface area contributed by atoms with Gasteiger partial charge in [0.1, 0.15) is 0 Å². The van der Waals surface area contributed by atoms with E-state index in [0.29, 0.717) is 0 Å². The molecule has 4 aromatic carbocycles. The summed E-state index contributed by atoms with van der Waals surface area (Å²) in [4.78, 5) is 5.04. The Morgan fingerprint density at radius 1 is 0.531 bits per heavy atom. The quantitative estimate of drug-likeness (QED) is 0.252. The van der Waals surface area contributed by atoms with Crippen molar-refractivity contribution in [2.75, 3.05) is 0 Å². The van der Waals surface area contributed by atoms with Gasteiger partial charge in [0.05, 0.1) is 28.1 Å². The number of para-hydroxylation sites is 1. The first-order chi connectivity index (χ1) is 15.8. The number of benzene rings is 4. The van der Waals surface area contributed by atoms with Crippen molar-refractivity contribution in [2.24, 2.45) is 0 Å². The zero-order valence-corrected chi connectivity index (χ0v) is 18.8. The molecule has 152 valence electrons. The van der Waals surface area contributed by atoms with E-state index in [0.717, 1.165) is 32.7 Å². The first-order valence-corrected chi connectivity index (χ1v) is 11.4. The molecule has 0 aliphatic heterocycles. The molecule has 0 saturated heterocycles. The summed E-state index contributed by atoms with van der Waals surface area (Å²) < 4.78 is 3.43. The summed E-state index contributed by atoms with van der Waals surface area (Å²) in [6, 6.07) is 40.2. The van der Waals surface area contributed by atoms with Crippen LogP contribution in [-0.4, -0.2) is 9.55 Å². The summed E-state index contributed by atoms with van der Waals surface area (Å²) in [6.45, 7) is 0. The minimum atomic E-state index is 0.963. The minimum Gasteiger partial charge on any atom is -0.309 e. The smallest absolute Gasteiger partial charge is 0.0730 e. The SMILES string of the molecule is Brc1ccc2c(c1)c1ccccc1n2-c1cc(-c2ccccc2)nc(-c2ccccc2)c1. The normalized spacial score (nSPS) is 11.3. The van der Waals surface area contributed by atoms with Crippen LogP contribution < -0.4 is 0 Å². The van der Waals surface area contributed by atoms with E-state index in [1.807, 2.05) is 12.1 Å². The topological polar surface area (TPSA) is 17.8 Å². The molecule has 0 aliphatic carbocycles. The van der Waals surface area contributed by atoms with Gasteiger partial charge in [0.25, 0.3) is 0 Å². The van der Waals surface area contributed by atoms with Crippen LogP contribution in [0, 0.1) is 0 Å². The van der Waals surface area contributed by atoms with E-state index in [1.54, 1.807) is 0 Å². The average Bonchev–Trinajstić information content (AvgIpc) is 3.18. The van der Waals surface area contributed by atoms with Crippen molar-refractivity contribution >= 4 is 37.7 Å². The molecule has 0 bridgehead atoms. The number of nitrogens with zero attached hydrogens (tertiary/aromatic N) is 2. The van der Waals surface area contributed by atoms with E-state index in [4.69, 9.17) is 4.98 Å². The second kappa shape index (κ2) is 7.77. The van der Waals surface area contributed by atoms with E-state index in [2.05, 4.69) is 124 Å². The molecule has 0 saturated carbocycles. The van der Waals surface area contributed by atoms with Crippen molar-refractivity contribution in [1.82, 2.24) is 9.55 Å². The second-order valence-electron chi connectivity index (χ2n) is 7.84. The van der Waals surface area contributed by atoms with Gasteiger partial charge in [-0.05, 0) is 36.4 Å². The second-order valence-corrected chi connectivity index (χ2v) is 8.76. The van der Waals surface area contributed by atoms with E-state index in [-0.39, 0.29) is 0 Å². The highest BCUT2D eigenvalue weighted by Crippen LogP contribution is 2.35. The van der Waals surface area contributed by atoms with Crippen LogP contribution >= 0.6 is 15.9 Å². The van der Waals surface area contributed by atoms with Crippen LogP contribution in [0.3, 0.4) is 0 Å². The maximum absolute atomic E-state index is 5.04. The van der Waals surface area contributed by atoms with Crippen molar-refractivity contribution in [1.29, 1.82) is 0 Å². The predicted octanol–water partition coefficient (Wildman–Crippen LogP) is 8.28. The lowest BCUT2D eigenvalue weighted by Crippen LogP contribution is -1.98. The highest BCUT2D eigenvalue weighted by Gasteiger charge is 2.15. The molecule has 0 unspecified atom stereocenters. The Morgan fingerprint density at radius 2 is 1.09 bits per heavy atom. The fourth-order valence-corrected chi connectivity index (χ4v) is 4.74. The van der Waals surface area contributed by atoms with Crippen LogP contribution in [-0.2, 0) is 0 Å². The Hall–Kier alpha value is -3.69. The van der Waals surface area contributed by atoms with E-state index in [9.17, 15) is 0 Å². The molecular weight excluding hydrogens is 456 g/mol. The van der Waals surface area contributed by atoms with Crippen molar-refractivity contribution in [3.8, 4) is 28.2 Å². The summed E-state index contributed by atoms with van der Waals surface area (Å²) in [6.07, 6.45) is 0. The van der Waals surface area contributed by atoms with Gasteiger partial charge in [0, 0.05) is 26.4 Å². The largest absolute Gasteiger partial charge is 0.309 e. The molecule has 0 N–H and O–H groups in total. The molecule has 3 heteroatoms. The van der Waals surface area contributed by atoms with Gasteiger partial charge in [-0.1, -0.05) is 94.8 Å². The number of fused-ring (bicyclic) bond motifs is 3.